The van der Waals surface area contributed by atoms with E-state index in [-0.39, 0.29) is 5.91 Å². The predicted octanol–water partition coefficient (Wildman–Crippen LogP) is 5.96. The van der Waals surface area contributed by atoms with Gasteiger partial charge in [0.2, 0.25) is 5.91 Å². The molecule has 4 aromatic rings. The maximum atomic E-state index is 12.3. The molecule has 0 atom stereocenters. The van der Waals surface area contributed by atoms with Crippen LogP contribution < -0.4 is 10.6 Å². The summed E-state index contributed by atoms with van der Waals surface area (Å²) in [7, 11) is 0. The Balaban J connectivity index is 1.42. The van der Waals surface area contributed by atoms with E-state index < -0.39 is 0 Å². The topological polar surface area (TPSA) is 71.8 Å². The number of carbonyl (C=O) groups excluding carboxylic acids is 1. The number of benzene rings is 3. The first-order valence-electron chi connectivity index (χ1n) is 10.6. The van der Waals surface area contributed by atoms with Gasteiger partial charge in [-0.3, -0.25) is 9.36 Å². The van der Waals surface area contributed by atoms with Crippen LogP contribution in [0, 0.1) is 6.92 Å². The average Bonchev–Trinajstić information content (AvgIpc) is 3.23. The van der Waals surface area contributed by atoms with E-state index in [1.807, 2.05) is 90.4 Å². The number of aryl methyl sites for hydroxylation is 1. The third-order valence-corrected chi connectivity index (χ3v) is 6.09. The number of nitrogens with zero attached hydrogens (tertiary/aromatic N) is 3. The Labute approximate surface area is 202 Å². The highest BCUT2D eigenvalue weighted by Crippen LogP contribution is 2.24. The minimum atomic E-state index is -0.0261. The zero-order valence-electron chi connectivity index (χ0n) is 18.2. The summed E-state index contributed by atoms with van der Waals surface area (Å²) in [6.45, 7) is 2.52. The van der Waals surface area contributed by atoms with Crippen LogP contribution in [0.15, 0.2) is 84.0 Å². The summed E-state index contributed by atoms with van der Waals surface area (Å²) in [6, 6.07) is 25.3. The van der Waals surface area contributed by atoms with Gasteiger partial charge in [0.15, 0.2) is 11.0 Å². The fraction of sp³-hybridized carbons (Fsp3) is 0.160. The van der Waals surface area contributed by atoms with Gasteiger partial charge in [0.05, 0.1) is 6.54 Å². The van der Waals surface area contributed by atoms with E-state index in [4.69, 9.17) is 11.6 Å². The van der Waals surface area contributed by atoms with Crippen molar-refractivity contribution in [2.75, 3.05) is 16.4 Å². The van der Waals surface area contributed by atoms with Crippen molar-refractivity contribution in [2.24, 2.45) is 0 Å². The van der Waals surface area contributed by atoms with Crippen molar-refractivity contribution in [3.05, 3.63) is 95.3 Å². The van der Waals surface area contributed by atoms with Crippen molar-refractivity contribution >= 4 is 40.6 Å². The number of hydrogen-bond donors (Lipinski definition) is 2. The molecule has 0 saturated heterocycles. The second-order valence-corrected chi connectivity index (χ2v) is 8.94. The van der Waals surface area contributed by atoms with Gasteiger partial charge in [-0.15, -0.1) is 10.2 Å². The number of thioether (sulfide) groups is 1. The largest absolute Gasteiger partial charge is 0.378 e. The molecule has 6 nitrogen and oxygen atoms in total. The number of anilines is 2. The molecule has 3 aromatic carbocycles. The summed E-state index contributed by atoms with van der Waals surface area (Å²) in [4.78, 5) is 12.3. The molecule has 168 valence electrons. The Kier molecular flexibility index (Phi) is 7.65. The van der Waals surface area contributed by atoms with Crippen molar-refractivity contribution in [2.45, 2.75) is 25.0 Å². The number of carbonyl (C=O) groups is 1. The normalized spacial score (nSPS) is 10.7. The van der Waals surface area contributed by atoms with E-state index >= 15 is 0 Å². The van der Waals surface area contributed by atoms with Crippen LogP contribution in [0.4, 0.5) is 11.4 Å². The Hall–Kier alpha value is -3.29. The average molecular weight is 478 g/mol. The zero-order valence-corrected chi connectivity index (χ0v) is 19.7. The van der Waals surface area contributed by atoms with Gasteiger partial charge in [-0.25, -0.2) is 0 Å². The van der Waals surface area contributed by atoms with Crippen molar-refractivity contribution in [1.29, 1.82) is 0 Å². The molecule has 0 aliphatic heterocycles. The highest BCUT2D eigenvalue weighted by molar-refractivity contribution is 7.99. The highest BCUT2D eigenvalue weighted by atomic mass is 35.5. The van der Waals surface area contributed by atoms with Crippen molar-refractivity contribution in [3.8, 4) is 5.69 Å². The third-order valence-electron chi connectivity index (χ3n) is 4.91. The lowest BCUT2D eigenvalue weighted by molar-refractivity contribution is -0.115. The molecular formula is C25H24ClN5OS. The van der Waals surface area contributed by atoms with E-state index in [0.717, 1.165) is 33.6 Å². The maximum Gasteiger partial charge on any atom is 0.225 e. The Bertz CT molecular complexity index is 1190. The van der Waals surface area contributed by atoms with Gasteiger partial charge < -0.3 is 10.6 Å². The van der Waals surface area contributed by atoms with Crippen LogP contribution in [0.1, 0.15) is 17.8 Å². The van der Waals surface area contributed by atoms with Gasteiger partial charge in [-0.05, 0) is 55.5 Å². The summed E-state index contributed by atoms with van der Waals surface area (Å²) < 4.78 is 2.02. The van der Waals surface area contributed by atoms with Gasteiger partial charge in [-0.1, -0.05) is 59.3 Å². The first kappa shape index (κ1) is 22.9. The zero-order chi connectivity index (χ0) is 23.0. The van der Waals surface area contributed by atoms with E-state index in [2.05, 4.69) is 20.8 Å². The molecule has 0 bridgehead atoms. The fourth-order valence-electron chi connectivity index (χ4n) is 3.19. The maximum absolute atomic E-state index is 12.3. The number of rotatable bonds is 9. The van der Waals surface area contributed by atoms with E-state index in [9.17, 15) is 4.79 Å². The SMILES string of the molecule is Cc1ccc(NC(=O)CCSc2nnc(CNc3ccc(Cl)cc3)n2-c2ccccc2)cc1. The number of para-hydroxylation sites is 1. The Morgan fingerprint density at radius 1 is 0.939 bits per heavy atom. The van der Waals surface area contributed by atoms with Crippen LogP contribution in [0.25, 0.3) is 5.69 Å². The highest BCUT2D eigenvalue weighted by Gasteiger charge is 2.15. The molecule has 8 heteroatoms. The lowest BCUT2D eigenvalue weighted by atomic mass is 10.2. The molecule has 0 aliphatic rings. The molecule has 0 radical (unpaired) electrons. The summed E-state index contributed by atoms with van der Waals surface area (Å²) in [5.74, 6) is 1.34. The number of amides is 1. The van der Waals surface area contributed by atoms with E-state index in [0.29, 0.717) is 23.7 Å². The molecule has 0 spiro atoms. The molecule has 1 heterocycles. The van der Waals surface area contributed by atoms with Crippen molar-refractivity contribution in [3.63, 3.8) is 0 Å². The fourth-order valence-corrected chi connectivity index (χ4v) is 4.22. The molecule has 0 fully saturated rings. The van der Waals surface area contributed by atoms with Gasteiger partial charge in [0.25, 0.3) is 0 Å². The third kappa shape index (κ3) is 6.37. The first-order valence-corrected chi connectivity index (χ1v) is 11.9. The van der Waals surface area contributed by atoms with Gasteiger partial charge in [-0.2, -0.15) is 0 Å². The lowest BCUT2D eigenvalue weighted by Gasteiger charge is -2.11. The number of nitrogens with one attached hydrogen (secondary N) is 2. The number of halogens is 1. The molecule has 4 rings (SSSR count). The molecule has 0 aliphatic carbocycles. The van der Waals surface area contributed by atoms with Crippen LogP contribution >= 0.6 is 23.4 Å². The smallest absolute Gasteiger partial charge is 0.225 e. The van der Waals surface area contributed by atoms with Crippen molar-refractivity contribution < 1.29 is 4.79 Å². The molecular weight excluding hydrogens is 454 g/mol. The Morgan fingerprint density at radius 2 is 1.64 bits per heavy atom. The molecule has 1 amide bonds. The van der Waals surface area contributed by atoms with Crippen LogP contribution in [0.2, 0.25) is 5.02 Å². The molecule has 0 saturated carbocycles. The monoisotopic (exact) mass is 477 g/mol. The Morgan fingerprint density at radius 3 is 2.36 bits per heavy atom. The van der Waals surface area contributed by atoms with Crippen LogP contribution in [-0.4, -0.2) is 26.4 Å². The molecule has 0 unspecified atom stereocenters. The molecule has 33 heavy (non-hydrogen) atoms. The second kappa shape index (κ2) is 11.0. The minimum Gasteiger partial charge on any atom is -0.378 e. The summed E-state index contributed by atoms with van der Waals surface area (Å²) in [6.07, 6.45) is 0.374. The van der Waals surface area contributed by atoms with Crippen LogP contribution in [0.5, 0.6) is 0 Å². The summed E-state index contributed by atoms with van der Waals surface area (Å²) >= 11 is 7.49. The second-order valence-electron chi connectivity index (χ2n) is 7.44. The van der Waals surface area contributed by atoms with Gasteiger partial charge in [0.1, 0.15) is 0 Å². The predicted molar refractivity (Wildman–Crippen MR) is 135 cm³/mol. The first-order chi connectivity index (χ1) is 16.1. The molecule has 2 N–H and O–H groups in total. The number of aromatic nitrogens is 3. The standard InChI is InChI=1S/C25H24ClN5OS/c1-18-7-11-21(12-8-18)28-24(32)15-16-33-25-30-29-23(31(25)22-5-3-2-4-6-22)17-27-20-13-9-19(26)10-14-20/h2-14,27H,15-17H2,1H3,(H,28,32). The summed E-state index contributed by atoms with van der Waals surface area (Å²) in [5, 5.41) is 16.5. The van der Waals surface area contributed by atoms with Crippen LogP contribution in [-0.2, 0) is 11.3 Å². The quantitative estimate of drug-likeness (QED) is 0.291. The van der Waals surface area contributed by atoms with Crippen molar-refractivity contribution in [1.82, 2.24) is 14.8 Å². The molecule has 1 aromatic heterocycles. The lowest BCUT2D eigenvalue weighted by Crippen LogP contribution is -2.12. The van der Waals surface area contributed by atoms with E-state index in [1.54, 1.807) is 0 Å². The summed E-state index contributed by atoms with van der Waals surface area (Å²) in [5.41, 5.74) is 3.88. The van der Waals surface area contributed by atoms with Crippen LogP contribution in [0.3, 0.4) is 0 Å². The minimum absolute atomic E-state index is 0.0261. The van der Waals surface area contributed by atoms with E-state index in [1.165, 1.54) is 11.8 Å². The van der Waals surface area contributed by atoms with Gasteiger partial charge in [0, 0.05) is 34.3 Å². The van der Waals surface area contributed by atoms with Gasteiger partial charge >= 0.3 is 0 Å². The number of hydrogen-bond acceptors (Lipinski definition) is 5.